The van der Waals surface area contributed by atoms with Crippen molar-refractivity contribution in [3.8, 4) is 5.75 Å². The number of alkyl halides is 3. The van der Waals surface area contributed by atoms with E-state index in [4.69, 9.17) is 4.74 Å². The fraction of sp³-hybridized carbons (Fsp3) is 0.400. The Bertz CT molecular complexity index is 1200. The quantitative estimate of drug-likeness (QED) is 0.559. The number of ether oxygens (including phenoxy) is 1. The summed E-state index contributed by atoms with van der Waals surface area (Å²) in [6, 6.07) is 11.4. The first-order chi connectivity index (χ1) is 14.8. The lowest BCUT2D eigenvalue weighted by molar-refractivity contribution is -0.271. The van der Waals surface area contributed by atoms with E-state index in [1.807, 2.05) is 19.9 Å². The third kappa shape index (κ3) is 4.39. The largest absolute Gasteiger partial charge is 0.496 e. The van der Waals surface area contributed by atoms with E-state index in [0.717, 1.165) is 11.1 Å². The molecule has 0 fully saturated rings. The molecule has 0 amide bonds. The Hall–Kier alpha value is -2.80. The number of hydrogen-bond donors (Lipinski definition) is 1. The first-order valence-electron chi connectivity index (χ1n) is 10.3. The van der Waals surface area contributed by atoms with Crippen LogP contribution in [0.3, 0.4) is 0 Å². The van der Waals surface area contributed by atoms with Crippen LogP contribution in [0.2, 0.25) is 0 Å². The highest BCUT2D eigenvalue weighted by molar-refractivity contribution is 5.78. The number of para-hydroxylation sites is 1. The lowest BCUT2D eigenvalue weighted by Crippen LogP contribution is -2.52. The standard InChI is InChI=1S/C25H28F3NO3/c1-16-12-17(2)22(32-5)19(13-16)23(3,4)14-24(31,25(26,27)28)15-29-11-10-21(30)18-8-6-7-9-20(18)29/h6-13,31H,14-15H2,1-5H3. The van der Waals surface area contributed by atoms with Gasteiger partial charge in [0.25, 0.3) is 0 Å². The SMILES string of the molecule is COc1c(C)cc(C)cc1C(C)(C)CC(O)(Cn1ccc(=O)c2ccccc21)C(F)(F)F. The molecule has 0 aliphatic heterocycles. The summed E-state index contributed by atoms with van der Waals surface area (Å²) in [6.07, 6.45) is -4.20. The maximum Gasteiger partial charge on any atom is 0.418 e. The van der Waals surface area contributed by atoms with E-state index >= 15 is 0 Å². The first-order valence-corrected chi connectivity index (χ1v) is 10.3. The summed E-state index contributed by atoms with van der Waals surface area (Å²) in [5.41, 5.74) is -1.74. The molecule has 0 saturated heterocycles. The third-order valence-electron chi connectivity index (χ3n) is 5.93. The Balaban J connectivity index is 2.10. The average Bonchev–Trinajstić information content (AvgIpc) is 2.68. The van der Waals surface area contributed by atoms with Crippen molar-refractivity contribution in [1.82, 2.24) is 4.57 Å². The Labute approximate surface area is 185 Å². The minimum absolute atomic E-state index is 0.285. The summed E-state index contributed by atoms with van der Waals surface area (Å²) >= 11 is 0. The molecule has 0 bridgehead atoms. The van der Waals surface area contributed by atoms with E-state index in [9.17, 15) is 23.1 Å². The van der Waals surface area contributed by atoms with Gasteiger partial charge in [0.15, 0.2) is 11.0 Å². The molecule has 1 unspecified atom stereocenters. The van der Waals surface area contributed by atoms with Crippen molar-refractivity contribution in [1.29, 1.82) is 0 Å². The minimum atomic E-state index is -4.90. The zero-order valence-electron chi connectivity index (χ0n) is 18.9. The number of nitrogens with zero attached hydrogens (tertiary/aromatic N) is 1. The molecule has 0 saturated carbocycles. The highest BCUT2D eigenvalue weighted by atomic mass is 19.4. The molecule has 4 nitrogen and oxygen atoms in total. The molecular weight excluding hydrogens is 419 g/mol. The van der Waals surface area contributed by atoms with Crippen molar-refractivity contribution in [2.75, 3.05) is 7.11 Å². The molecule has 1 atom stereocenters. The Morgan fingerprint density at radius 3 is 2.34 bits per heavy atom. The second-order valence-electron chi connectivity index (χ2n) is 9.08. The highest BCUT2D eigenvalue weighted by Gasteiger charge is 2.56. The fourth-order valence-corrected chi connectivity index (χ4v) is 4.48. The van der Waals surface area contributed by atoms with Crippen LogP contribution in [0.25, 0.3) is 10.9 Å². The molecule has 1 N–H and O–H groups in total. The molecule has 172 valence electrons. The summed E-state index contributed by atoms with van der Waals surface area (Å²) < 4.78 is 49.7. The van der Waals surface area contributed by atoms with Crippen molar-refractivity contribution in [3.63, 3.8) is 0 Å². The van der Waals surface area contributed by atoms with Gasteiger partial charge in [0, 0.05) is 23.2 Å². The van der Waals surface area contributed by atoms with Gasteiger partial charge in [0.05, 0.1) is 19.2 Å². The van der Waals surface area contributed by atoms with Crippen molar-refractivity contribution >= 4 is 10.9 Å². The zero-order chi connectivity index (χ0) is 23.9. The number of fused-ring (bicyclic) bond motifs is 1. The molecule has 2 aromatic carbocycles. The molecule has 7 heteroatoms. The van der Waals surface area contributed by atoms with Crippen LogP contribution in [0.1, 0.15) is 37.0 Å². The van der Waals surface area contributed by atoms with Gasteiger partial charge >= 0.3 is 6.18 Å². The summed E-state index contributed by atoms with van der Waals surface area (Å²) in [5.74, 6) is 0.513. The van der Waals surface area contributed by atoms with E-state index in [-0.39, 0.29) is 5.43 Å². The molecule has 3 rings (SSSR count). The van der Waals surface area contributed by atoms with Gasteiger partial charge in [-0.05, 0) is 43.4 Å². The zero-order valence-corrected chi connectivity index (χ0v) is 18.9. The topological polar surface area (TPSA) is 51.5 Å². The van der Waals surface area contributed by atoms with Gasteiger partial charge in [-0.3, -0.25) is 4.79 Å². The number of halogens is 3. The Morgan fingerprint density at radius 1 is 1.06 bits per heavy atom. The maximum atomic E-state index is 14.3. The Kier molecular flexibility index (Phi) is 6.17. The Morgan fingerprint density at radius 2 is 1.72 bits per heavy atom. The predicted molar refractivity (Wildman–Crippen MR) is 119 cm³/mol. The molecule has 0 spiro atoms. The van der Waals surface area contributed by atoms with Gasteiger partial charge in [-0.1, -0.05) is 43.7 Å². The van der Waals surface area contributed by atoms with Crippen LogP contribution in [0.4, 0.5) is 13.2 Å². The monoisotopic (exact) mass is 447 g/mol. The number of methoxy groups -OCH3 is 1. The number of benzene rings is 2. The maximum absolute atomic E-state index is 14.3. The lowest BCUT2D eigenvalue weighted by atomic mass is 9.73. The smallest absolute Gasteiger partial charge is 0.418 e. The predicted octanol–water partition coefficient (Wildman–Crippen LogP) is 5.29. The highest BCUT2D eigenvalue weighted by Crippen LogP contribution is 2.45. The molecular formula is C25H28F3NO3. The molecule has 1 heterocycles. The molecule has 32 heavy (non-hydrogen) atoms. The van der Waals surface area contributed by atoms with Crippen LogP contribution in [0, 0.1) is 13.8 Å². The minimum Gasteiger partial charge on any atom is -0.496 e. The summed E-state index contributed by atoms with van der Waals surface area (Å²) in [4.78, 5) is 12.1. The van der Waals surface area contributed by atoms with Crippen LogP contribution >= 0.6 is 0 Å². The number of hydrogen-bond acceptors (Lipinski definition) is 3. The van der Waals surface area contributed by atoms with Crippen molar-refractivity contribution in [3.05, 3.63) is 75.6 Å². The van der Waals surface area contributed by atoms with Gasteiger partial charge in [0.1, 0.15) is 5.75 Å². The summed E-state index contributed by atoms with van der Waals surface area (Å²) in [5, 5.41) is 11.4. The molecule has 0 radical (unpaired) electrons. The van der Waals surface area contributed by atoms with Gasteiger partial charge < -0.3 is 14.4 Å². The van der Waals surface area contributed by atoms with E-state index in [1.54, 1.807) is 44.2 Å². The van der Waals surface area contributed by atoms with Gasteiger partial charge in [-0.2, -0.15) is 13.2 Å². The van der Waals surface area contributed by atoms with Crippen molar-refractivity contribution in [2.24, 2.45) is 0 Å². The third-order valence-corrected chi connectivity index (χ3v) is 5.93. The summed E-state index contributed by atoms with van der Waals surface area (Å²) in [7, 11) is 1.49. The first kappa shape index (κ1) is 23.9. The van der Waals surface area contributed by atoms with Crippen LogP contribution in [0.5, 0.6) is 5.75 Å². The molecule has 0 aliphatic carbocycles. The van der Waals surface area contributed by atoms with Crippen molar-refractivity contribution in [2.45, 2.75) is 57.9 Å². The molecule has 3 aromatic rings. The number of aliphatic hydroxyl groups is 1. The van der Waals surface area contributed by atoms with E-state index in [0.29, 0.717) is 22.2 Å². The van der Waals surface area contributed by atoms with Gasteiger partial charge in [-0.25, -0.2) is 0 Å². The number of rotatable bonds is 6. The van der Waals surface area contributed by atoms with Gasteiger partial charge in [-0.15, -0.1) is 0 Å². The second kappa shape index (κ2) is 8.28. The summed E-state index contributed by atoms with van der Waals surface area (Å²) in [6.45, 7) is 6.31. The normalized spacial score (nSPS) is 14.4. The van der Waals surface area contributed by atoms with Crippen LogP contribution < -0.4 is 10.2 Å². The van der Waals surface area contributed by atoms with Crippen LogP contribution in [-0.4, -0.2) is 28.6 Å². The lowest BCUT2D eigenvalue weighted by Gasteiger charge is -2.39. The average molecular weight is 447 g/mol. The number of aromatic nitrogens is 1. The van der Waals surface area contributed by atoms with Gasteiger partial charge in [0.2, 0.25) is 0 Å². The fourth-order valence-electron chi connectivity index (χ4n) is 4.48. The number of pyridine rings is 1. The second-order valence-corrected chi connectivity index (χ2v) is 9.08. The molecule has 1 aromatic heterocycles. The van der Waals surface area contributed by atoms with E-state index in [2.05, 4.69) is 0 Å². The van der Waals surface area contributed by atoms with E-state index < -0.39 is 30.2 Å². The van der Waals surface area contributed by atoms with Crippen molar-refractivity contribution < 1.29 is 23.0 Å². The van der Waals surface area contributed by atoms with Crippen LogP contribution in [0.15, 0.2) is 53.5 Å². The molecule has 0 aliphatic rings. The van der Waals surface area contributed by atoms with E-state index in [1.165, 1.54) is 23.9 Å². The van der Waals surface area contributed by atoms with Crippen LogP contribution in [-0.2, 0) is 12.0 Å². The number of aryl methyl sites for hydroxylation is 2.